The van der Waals surface area contributed by atoms with Gasteiger partial charge in [-0.2, -0.15) is 0 Å². The maximum atomic E-state index is 13.9. The van der Waals surface area contributed by atoms with Crippen LogP contribution in [0.4, 0.5) is 13.2 Å². The molecule has 0 amide bonds. The molecule has 1 unspecified atom stereocenters. The fourth-order valence-corrected chi connectivity index (χ4v) is 1.96. The quantitative estimate of drug-likeness (QED) is 0.905. The number of hydrogen-bond acceptors (Lipinski definition) is 2. The lowest BCUT2D eigenvalue weighted by atomic mass is 10.0. The normalized spacial score (nSPS) is 12.4. The Kier molecular flexibility index (Phi) is 4.74. The number of aromatic nitrogens is 1. The number of benzene rings is 1. The zero-order chi connectivity index (χ0) is 14.5. The lowest BCUT2D eigenvalue weighted by molar-refractivity contribution is 0.497. The number of pyridine rings is 1. The summed E-state index contributed by atoms with van der Waals surface area (Å²) in [4.78, 5) is 4.01. The molecule has 0 fully saturated rings. The van der Waals surface area contributed by atoms with Crippen molar-refractivity contribution in [3.63, 3.8) is 0 Å². The standard InChI is InChI=1S/C15H15F3N2/c1-2-7-19-14(15-12(17)4-3-8-20-15)10-5-6-11(16)13(18)9-10/h3-6,8-9,14,19H,2,7H2,1H3. The first-order valence-electron chi connectivity index (χ1n) is 6.42. The summed E-state index contributed by atoms with van der Waals surface area (Å²) < 4.78 is 40.2. The van der Waals surface area contributed by atoms with E-state index in [9.17, 15) is 13.2 Å². The third-order valence-electron chi connectivity index (χ3n) is 2.94. The van der Waals surface area contributed by atoms with Crippen molar-refractivity contribution >= 4 is 0 Å². The second kappa shape index (κ2) is 6.52. The van der Waals surface area contributed by atoms with E-state index in [2.05, 4.69) is 10.3 Å². The molecule has 106 valence electrons. The monoisotopic (exact) mass is 280 g/mol. The van der Waals surface area contributed by atoms with Crippen LogP contribution in [0.2, 0.25) is 0 Å². The van der Waals surface area contributed by atoms with Crippen LogP contribution in [0.25, 0.3) is 0 Å². The van der Waals surface area contributed by atoms with Gasteiger partial charge in [-0.25, -0.2) is 13.2 Å². The summed E-state index contributed by atoms with van der Waals surface area (Å²) in [6.07, 6.45) is 2.30. The van der Waals surface area contributed by atoms with Crippen molar-refractivity contribution in [2.24, 2.45) is 0 Å². The third-order valence-corrected chi connectivity index (χ3v) is 2.94. The van der Waals surface area contributed by atoms with Crippen LogP contribution in [0.1, 0.15) is 30.6 Å². The van der Waals surface area contributed by atoms with Crippen LogP contribution in [0.5, 0.6) is 0 Å². The Labute approximate surface area is 115 Å². The van der Waals surface area contributed by atoms with E-state index in [1.165, 1.54) is 24.4 Å². The molecular weight excluding hydrogens is 265 g/mol. The number of rotatable bonds is 5. The van der Waals surface area contributed by atoms with Gasteiger partial charge >= 0.3 is 0 Å². The first-order chi connectivity index (χ1) is 9.63. The molecule has 2 aromatic rings. The van der Waals surface area contributed by atoms with Crippen LogP contribution in [-0.4, -0.2) is 11.5 Å². The minimum atomic E-state index is -0.956. The Balaban J connectivity index is 2.41. The summed E-state index contributed by atoms with van der Waals surface area (Å²) >= 11 is 0. The molecule has 0 aliphatic heterocycles. The van der Waals surface area contributed by atoms with E-state index in [4.69, 9.17) is 0 Å². The van der Waals surface area contributed by atoms with Gasteiger partial charge in [0.05, 0.1) is 11.7 Å². The van der Waals surface area contributed by atoms with Crippen molar-refractivity contribution in [1.29, 1.82) is 0 Å². The van der Waals surface area contributed by atoms with Gasteiger partial charge in [0.25, 0.3) is 0 Å². The van der Waals surface area contributed by atoms with Crippen molar-refractivity contribution < 1.29 is 13.2 Å². The molecule has 2 nitrogen and oxygen atoms in total. The Morgan fingerprint density at radius 2 is 1.90 bits per heavy atom. The van der Waals surface area contributed by atoms with Gasteiger partial charge in [0, 0.05) is 6.20 Å². The smallest absolute Gasteiger partial charge is 0.159 e. The summed E-state index contributed by atoms with van der Waals surface area (Å²) in [5, 5.41) is 3.10. The van der Waals surface area contributed by atoms with E-state index in [0.717, 1.165) is 18.6 Å². The Morgan fingerprint density at radius 1 is 1.10 bits per heavy atom. The van der Waals surface area contributed by atoms with Crippen molar-refractivity contribution in [3.8, 4) is 0 Å². The molecule has 1 atom stereocenters. The molecular formula is C15H15F3N2. The zero-order valence-corrected chi connectivity index (χ0v) is 11.0. The van der Waals surface area contributed by atoms with Crippen LogP contribution in [0, 0.1) is 17.5 Å². The minimum Gasteiger partial charge on any atom is -0.305 e. The van der Waals surface area contributed by atoms with E-state index >= 15 is 0 Å². The SMILES string of the molecule is CCCNC(c1ccc(F)c(F)c1)c1ncccc1F. The Morgan fingerprint density at radius 3 is 2.55 bits per heavy atom. The molecule has 0 saturated carbocycles. The van der Waals surface area contributed by atoms with E-state index in [1.54, 1.807) is 0 Å². The van der Waals surface area contributed by atoms with Crippen molar-refractivity contribution in [3.05, 3.63) is 65.2 Å². The molecule has 1 aromatic heterocycles. The summed E-state index contributed by atoms with van der Waals surface area (Å²) in [7, 11) is 0. The predicted octanol–water partition coefficient (Wildman–Crippen LogP) is 3.59. The number of halogens is 3. The second-order valence-corrected chi connectivity index (χ2v) is 4.43. The molecule has 1 N–H and O–H groups in total. The van der Waals surface area contributed by atoms with E-state index < -0.39 is 23.5 Å². The van der Waals surface area contributed by atoms with Gasteiger partial charge < -0.3 is 5.32 Å². The molecule has 0 bridgehead atoms. The molecule has 0 radical (unpaired) electrons. The summed E-state index contributed by atoms with van der Waals surface area (Å²) in [5.41, 5.74) is 0.613. The zero-order valence-electron chi connectivity index (χ0n) is 11.0. The highest BCUT2D eigenvalue weighted by atomic mass is 19.2. The fourth-order valence-electron chi connectivity index (χ4n) is 1.96. The average Bonchev–Trinajstić information content (AvgIpc) is 2.44. The summed E-state index contributed by atoms with van der Waals surface area (Å²) in [5.74, 6) is -2.36. The molecule has 20 heavy (non-hydrogen) atoms. The van der Waals surface area contributed by atoms with Crippen LogP contribution in [-0.2, 0) is 0 Å². The maximum absolute atomic E-state index is 13.9. The maximum Gasteiger partial charge on any atom is 0.159 e. The fraction of sp³-hybridized carbons (Fsp3) is 0.267. The largest absolute Gasteiger partial charge is 0.305 e. The third kappa shape index (κ3) is 3.17. The highest BCUT2D eigenvalue weighted by Crippen LogP contribution is 2.24. The minimum absolute atomic E-state index is 0.173. The Hall–Kier alpha value is -1.88. The van der Waals surface area contributed by atoms with Gasteiger partial charge in [-0.3, -0.25) is 4.98 Å². The van der Waals surface area contributed by atoms with Gasteiger partial charge in [-0.15, -0.1) is 0 Å². The van der Waals surface area contributed by atoms with Crippen LogP contribution in [0.15, 0.2) is 36.5 Å². The van der Waals surface area contributed by atoms with Gasteiger partial charge in [-0.1, -0.05) is 13.0 Å². The molecule has 5 heteroatoms. The van der Waals surface area contributed by atoms with E-state index in [-0.39, 0.29) is 5.69 Å². The first-order valence-corrected chi connectivity index (χ1v) is 6.42. The molecule has 0 aliphatic rings. The molecule has 0 saturated heterocycles. The first kappa shape index (κ1) is 14.5. The number of nitrogens with zero attached hydrogens (tertiary/aromatic N) is 1. The average molecular weight is 280 g/mol. The van der Waals surface area contributed by atoms with Gasteiger partial charge in [0.15, 0.2) is 11.6 Å². The molecule has 1 aromatic carbocycles. The van der Waals surface area contributed by atoms with Crippen molar-refractivity contribution in [2.45, 2.75) is 19.4 Å². The number of hydrogen-bond donors (Lipinski definition) is 1. The van der Waals surface area contributed by atoms with Crippen molar-refractivity contribution in [2.75, 3.05) is 6.54 Å². The van der Waals surface area contributed by atoms with Crippen molar-refractivity contribution in [1.82, 2.24) is 10.3 Å². The van der Waals surface area contributed by atoms with Crippen LogP contribution < -0.4 is 5.32 Å². The summed E-state index contributed by atoms with van der Waals surface area (Å²) in [6, 6.07) is 5.71. The lowest BCUT2D eigenvalue weighted by Crippen LogP contribution is -2.25. The number of nitrogens with one attached hydrogen (secondary N) is 1. The lowest BCUT2D eigenvalue weighted by Gasteiger charge is -2.19. The highest BCUT2D eigenvalue weighted by molar-refractivity contribution is 5.29. The Bertz CT molecular complexity index is 587. The van der Waals surface area contributed by atoms with Gasteiger partial charge in [0.1, 0.15) is 5.82 Å². The molecule has 1 heterocycles. The highest BCUT2D eigenvalue weighted by Gasteiger charge is 2.19. The van der Waals surface area contributed by atoms with Crippen LogP contribution >= 0.6 is 0 Å². The van der Waals surface area contributed by atoms with Gasteiger partial charge in [-0.05, 0) is 42.8 Å². The summed E-state index contributed by atoms with van der Waals surface area (Å²) in [6.45, 7) is 2.57. The van der Waals surface area contributed by atoms with Gasteiger partial charge in [0.2, 0.25) is 0 Å². The predicted molar refractivity (Wildman–Crippen MR) is 70.7 cm³/mol. The molecule has 0 aliphatic carbocycles. The topological polar surface area (TPSA) is 24.9 Å². The van der Waals surface area contributed by atoms with E-state index in [1.807, 2.05) is 6.92 Å². The van der Waals surface area contributed by atoms with E-state index in [0.29, 0.717) is 12.1 Å². The van der Waals surface area contributed by atoms with Crippen LogP contribution in [0.3, 0.4) is 0 Å². The molecule has 2 rings (SSSR count). The second-order valence-electron chi connectivity index (χ2n) is 4.43. The molecule has 0 spiro atoms.